The van der Waals surface area contributed by atoms with Crippen LogP contribution in [0.3, 0.4) is 0 Å². The second kappa shape index (κ2) is 8.69. The van der Waals surface area contributed by atoms with Crippen LogP contribution in [-0.4, -0.2) is 22.8 Å². The van der Waals surface area contributed by atoms with E-state index in [0.717, 1.165) is 17.5 Å². The number of hydrogen-bond acceptors (Lipinski definition) is 2. The lowest BCUT2D eigenvalue weighted by molar-refractivity contribution is -0.121. The van der Waals surface area contributed by atoms with E-state index in [2.05, 4.69) is 5.32 Å². The van der Waals surface area contributed by atoms with Crippen LogP contribution < -0.4 is 5.32 Å². The summed E-state index contributed by atoms with van der Waals surface area (Å²) >= 11 is 5.87. The van der Waals surface area contributed by atoms with Crippen LogP contribution in [-0.2, 0) is 17.8 Å². The van der Waals surface area contributed by atoms with Gasteiger partial charge in [0, 0.05) is 23.3 Å². The molecule has 3 aromatic rings. The van der Waals surface area contributed by atoms with Gasteiger partial charge in [0.05, 0.1) is 5.69 Å². The first kappa shape index (κ1) is 18.9. The first-order valence-corrected chi connectivity index (χ1v) is 9.19. The minimum atomic E-state index is -0.126. The Labute approximate surface area is 163 Å². The molecule has 0 aliphatic heterocycles. The van der Waals surface area contributed by atoms with Gasteiger partial charge in [-0.3, -0.25) is 9.59 Å². The molecule has 4 nitrogen and oxygen atoms in total. The van der Waals surface area contributed by atoms with E-state index in [4.69, 9.17) is 11.6 Å². The standard InChI is InChI=1S/C22H21ClN2O2/c1-16-5-2-3-6-19(16)22(27)20-7-4-14-25(20)15-21(26)24-13-12-17-8-10-18(23)11-9-17/h2-11,14H,12-13,15H2,1H3,(H,24,26). The molecule has 0 bridgehead atoms. The number of nitrogens with one attached hydrogen (secondary N) is 1. The van der Waals surface area contributed by atoms with Crippen LogP contribution in [0.5, 0.6) is 0 Å². The molecular weight excluding hydrogens is 360 g/mol. The van der Waals surface area contributed by atoms with Crippen LogP contribution in [0, 0.1) is 6.92 Å². The number of nitrogens with zero attached hydrogens (tertiary/aromatic N) is 1. The van der Waals surface area contributed by atoms with Crippen molar-refractivity contribution in [1.29, 1.82) is 0 Å². The zero-order valence-corrected chi connectivity index (χ0v) is 15.9. The first-order valence-electron chi connectivity index (χ1n) is 8.81. The van der Waals surface area contributed by atoms with Gasteiger partial charge in [-0.25, -0.2) is 0 Å². The number of ketones is 1. The highest BCUT2D eigenvalue weighted by Crippen LogP contribution is 2.15. The summed E-state index contributed by atoms with van der Waals surface area (Å²) in [5.41, 5.74) is 3.19. The summed E-state index contributed by atoms with van der Waals surface area (Å²) in [7, 11) is 0. The molecule has 0 aliphatic rings. The smallest absolute Gasteiger partial charge is 0.239 e. The highest BCUT2D eigenvalue weighted by Gasteiger charge is 2.16. The monoisotopic (exact) mass is 380 g/mol. The Morgan fingerprint density at radius 2 is 1.74 bits per heavy atom. The summed E-state index contributed by atoms with van der Waals surface area (Å²) in [5.74, 6) is -0.203. The molecule has 0 saturated heterocycles. The molecule has 2 aromatic carbocycles. The summed E-state index contributed by atoms with van der Waals surface area (Å²) in [4.78, 5) is 25.1. The zero-order chi connectivity index (χ0) is 19.2. The maximum Gasteiger partial charge on any atom is 0.239 e. The van der Waals surface area contributed by atoms with E-state index < -0.39 is 0 Å². The van der Waals surface area contributed by atoms with Crippen molar-refractivity contribution in [2.45, 2.75) is 19.9 Å². The Balaban J connectivity index is 1.59. The third kappa shape index (κ3) is 4.86. The molecule has 27 heavy (non-hydrogen) atoms. The maximum absolute atomic E-state index is 12.8. The third-order valence-corrected chi connectivity index (χ3v) is 4.67. The number of halogens is 1. The van der Waals surface area contributed by atoms with Gasteiger partial charge in [0.1, 0.15) is 6.54 Å². The van der Waals surface area contributed by atoms with E-state index in [1.807, 2.05) is 49.4 Å². The molecule has 0 aliphatic carbocycles. The lowest BCUT2D eigenvalue weighted by Gasteiger charge is -2.10. The fraction of sp³-hybridized carbons (Fsp3) is 0.182. The molecule has 3 rings (SSSR count). The zero-order valence-electron chi connectivity index (χ0n) is 15.1. The summed E-state index contributed by atoms with van der Waals surface area (Å²) < 4.78 is 1.69. The largest absolute Gasteiger partial charge is 0.354 e. The van der Waals surface area contributed by atoms with Crippen LogP contribution in [0.1, 0.15) is 27.2 Å². The second-order valence-electron chi connectivity index (χ2n) is 6.39. The van der Waals surface area contributed by atoms with Crippen molar-refractivity contribution in [1.82, 2.24) is 9.88 Å². The van der Waals surface area contributed by atoms with Crippen molar-refractivity contribution in [2.24, 2.45) is 0 Å². The fourth-order valence-corrected chi connectivity index (χ4v) is 3.06. The highest BCUT2D eigenvalue weighted by molar-refractivity contribution is 6.30. The number of aryl methyl sites for hydroxylation is 1. The van der Waals surface area contributed by atoms with Crippen LogP contribution in [0.4, 0.5) is 0 Å². The van der Waals surface area contributed by atoms with Gasteiger partial charge >= 0.3 is 0 Å². The van der Waals surface area contributed by atoms with Crippen molar-refractivity contribution >= 4 is 23.3 Å². The molecule has 0 atom stereocenters. The molecule has 1 N–H and O–H groups in total. The van der Waals surface area contributed by atoms with Gasteiger partial charge in [-0.1, -0.05) is 48.0 Å². The summed E-state index contributed by atoms with van der Waals surface area (Å²) in [5, 5.41) is 3.59. The lowest BCUT2D eigenvalue weighted by atomic mass is 10.0. The van der Waals surface area contributed by atoms with Gasteiger partial charge in [-0.05, 0) is 48.7 Å². The second-order valence-corrected chi connectivity index (χ2v) is 6.83. The molecule has 1 aromatic heterocycles. The minimum absolute atomic E-state index is 0.0768. The van der Waals surface area contributed by atoms with Crippen LogP contribution in [0.25, 0.3) is 0 Å². The molecule has 1 heterocycles. The molecule has 0 radical (unpaired) electrons. The number of amides is 1. The van der Waals surface area contributed by atoms with Gasteiger partial charge < -0.3 is 9.88 Å². The Bertz CT molecular complexity index is 945. The predicted molar refractivity (Wildman–Crippen MR) is 107 cm³/mol. The van der Waals surface area contributed by atoms with Gasteiger partial charge in [-0.15, -0.1) is 0 Å². The Kier molecular flexibility index (Phi) is 6.09. The molecule has 138 valence electrons. The number of benzene rings is 2. The van der Waals surface area contributed by atoms with Gasteiger partial charge in [0.2, 0.25) is 11.7 Å². The molecule has 0 fully saturated rings. The van der Waals surface area contributed by atoms with Crippen molar-refractivity contribution in [3.05, 3.63) is 94.3 Å². The topological polar surface area (TPSA) is 51.1 Å². The molecule has 0 saturated carbocycles. The summed E-state index contributed by atoms with van der Waals surface area (Å²) in [6, 6.07) is 18.5. The van der Waals surface area contributed by atoms with Crippen molar-refractivity contribution in [3.63, 3.8) is 0 Å². The predicted octanol–water partition coefficient (Wildman–Crippen LogP) is 4.04. The van der Waals surface area contributed by atoms with E-state index >= 15 is 0 Å². The molecule has 5 heteroatoms. The Morgan fingerprint density at radius 3 is 2.48 bits per heavy atom. The van der Waals surface area contributed by atoms with Crippen LogP contribution in [0.15, 0.2) is 66.9 Å². The number of carbonyl (C=O) groups excluding carboxylic acids is 2. The number of rotatable bonds is 7. The number of carbonyl (C=O) groups is 2. The molecule has 0 spiro atoms. The molecular formula is C22H21ClN2O2. The lowest BCUT2D eigenvalue weighted by Crippen LogP contribution is -2.30. The van der Waals surface area contributed by atoms with E-state index in [1.54, 1.807) is 29.0 Å². The van der Waals surface area contributed by atoms with Crippen molar-refractivity contribution in [2.75, 3.05) is 6.54 Å². The third-order valence-electron chi connectivity index (χ3n) is 4.41. The molecule has 0 unspecified atom stereocenters. The van der Waals surface area contributed by atoms with E-state index in [-0.39, 0.29) is 18.2 Å². The normalized spacial score (nSPS) is 10.6. The quantitative estimate of drug-likeness (QED) is 0.629. The Morgan fingerprint density at radius 1 is 1.00 bits per heavy atom. The highest BCUT2D eigenvalue weighted by atomic mass is 35.5. The summed E-state index contributed by atoms with van der Waals surface area (Å²) in [6.07, 6.45) is 2.48. The van der Waals surface area contributed by atoms with E-state index in [9.17, 15) is 9.59 Å². The van der Waals surface area contributed by atoms with E-state index in [1.165, 1.54) is 0 Å². The average molecular weight is 381 g/mol. The first-order chi connectivity index (χ1) is 13.0. The number of aromatic nitrogens is 1. The molecule has 1 amide bonds. The van der Waals surface area contributed by atoms with Crippen molar-refractivity contribution in [3.8, 4) is 0 Å². The average Bonchev–Trinajstić information content (AvgIpc) is 3.11. The summed E-state index contributed by atoms with van der Waals surface area (Å²) in [6.45, 7) is 2.55. The van der Waals surface area contributed by atoms with Gasteiger partial charge in [0.25, 0.3) is 0 Å². The van der Waals surface area contributed by atoms with Gasteiger partial charge in [-0.2, -0.15) is 0 Å². The fourth-order valence-electron chi connectivity index (χ4n) is 2.93. The SMILES string of the molecule is Cc1ccccc1C(=O)c1cccn1CC(=O)NCCc1ccc(Cl)cc1. The van der Waals surface area contributed by atoms with Crippen LogP contribution in [0.2, 0.25) is 5.02 Å². The van der Waals surface area contributed by atoms with Gasteiger partial charge in [0.15, 0.2) is 0 Å². The maximum atomic E-state index is 12.8. The minimum Gasteiger partial charge on any atom is -0.354 e. The van der Waals surface area contributed by atoms with Crippen LogP contribution >= 0.6 is 11.6 Å². The van der Waals surface area contributed by atoms with Crippen molar-refractivity contribution < 1.29 is 9.59 Å². The Hall–Kier alpha value is -2.85. The van der Waals surface area contributed by atoms with E-state index in [0.29, 0.717) is 22.8 Å². The number of hydrogen-bond donors (Lipinski definition) is 1.